The van der Waals surface area contributed by atoms with E-state index in [-0.39, 0.29) is 0 Å². The van der Waals surface area contributed by atoms with Crippen LogP contribution in [-0.4, -0.2) is 25.8 Å². The molecule has 0 radical (unpaired) electrons. The highest BCUT2D eigenvalue weighted by Crippen LogP contribution is 2.30. The highest BCUT2D eigenvalue weighted by molar-refractivity contribution is 4.80. The largest absolute Gasteiger partial charge is 0.385 e. The summed E-state index contributed by atoms with van der Waals surface area (Å²) in [7, 11) is 1.78. The number of hydrogen-bond donors (Lipinski definition) is 1. The van der Waals surface area contributed by atoms with E-state index in [1.807, 2.05) is 0 Å². The third kappa shape index (κ3) is 4.84. The number of methoxy groups -OCH3 is 1. The molecule has 1 saturated carbocycles. The van der Waals surface area contributed by atoms with Crippen molar-refractivity contribution in [1.82, 2.24) is 5.32 Å². The van der Waals surface area contributed by atoms with E-state index in [0.29, 0.717) is 6.04 Å². The van der Waals surface area contributed by atoms with Gasteiger partial charge in [-0.15, -0.1) is 0 Å². The molecule has 0 aromatic rings. The average molecular weight is 227 g/mol. The van der Waals surface area contributed by atoms with E-state index in [0.717, 1.165) is 30.9 Å². The molecule has 1 unspecified atom stereocenters. The maximum atomic E-state index is 5.11. The minimum absolute atomic E-state index is 0.598. The van der Waals surface area contributed by atoms with Crippen LogP contribution in [0.2, 0.25) is 0 Å². The van der Waals surface area contributed by atoms with Crippen LogP contribution in [0.15, 0.2) is 0 Å². The van der Waals surface area contributed by atoms with Crippen LogP contribution in [0.3, 0.4) is 0 Å². The zero-order valence-electron chi connectivity index (χ0n) is 11.5. The van der Waals surface area contributed by atoms with Gasteiger partial charge in [0.05, 0.1) is 0 Å². The molecule has 1 fully saturated rings. The van der Waals surface area contributed by atoms with Crippen LogP contribution < -0.4 is 5.32 Å². The van der Waals surface area contributed by atoms with Crippen LogP contribution in [-0.2, 0) is 4.74 Å². The normalized spacial score (nSPS) is 28.3. The summed E-state index contributed by atoms with van der Waals surface area (Å²) in [4.78, 5) is 0. The molecule has 16 heavy (non-hydrogen) atoms. The van der Waals surface area contributed by atoms with Gasteiger partial charge in [-0.05, 0) is 50.9 Å². The molecule has 0 aromatic heterocycles. The average Bonchev–Trinajstić information content (AvgIpc) is 2.27. The Labute approximate surface area is 101 Å². The van der Waals surface area contributed by atoms with Crippen molar-refractivity contribution < 1.29 is 4.74 Å². The number of rotatable bonds is 6. The van der Waals surface area contributed by atoms with Gasteiger partial charge in [-0.25, -0.2) is 0 Å². The Hall–Kier alpha value is -0.0800. The van der Waals surface area contributed by atoms with E-state index in [1.165, 1.54) is 25.7 Å². The molecule has 1 aliphatic rings. The van der Waals surface area contributed by atoms with Gasteiger partial charge in [-0.2, -0.15) is 0 Å². The number of hydrogen-bond acceptors (Lipinski definition) is 2. The first-order valence-corrected chi connectivity index (χ1v) is 6.88. The molecular formula is C14H29NO. The van der Waals surface area contributed by atoms with Gasteiger partial charge in [-0.3, -0.25) is 0 Å². The monoisotopic (exact) mass is 227 g/mol. The Morgan fingerprint density at radius 2 is 1.75 bits per heavy atom. The minimum Gasteiger partial charge on any atom is -0.385 e. The number of nitrogens with one attached hydrogen (secondary N) is 1. The molecule has 0 amide bonds. The fourth-order valence-corrected chi connectivity index (χ4v) is 2.73. The summed E-state index contributed by atoms with van der Waals surface area (Å²) in [5, 5.41) is 3.73. The number of ether oxygens (including phenoxy) is 1. The predicted molar refractivity (Wildman–Crippen MR) is 69.7 cm³/mol. The van der Waals surface area contributed by atoms with Crippen molar-refractivity contribution in [2.24, 2.45) is 11.8 Å². The molecule has 1 atom stereocenters. The molecule has 0 spiro atoms. The van der Waals surface area contributed by atoms with E-state index in [2.05, 4.69) is 26.1 Å². The maximum Gasteiger partial charge on any atom is 0.0476 e. The fraction of sp³-hybridized carbons (Fsp3) is 1.00. The lowest BCUT2D eigenvalue weighted by atomic mass is 9.79. The third-order valence-corrected chi connectivity index (χ3v) is 3.99. The second-order valence-corrected chi connectivity index (χ2v) is 5.70. The summed E-state index contributed by atoms with van der Waals surface area (Å²) in [6.07, 6.45) is 6.67. The van der Waals surface area contributed by atoms with E-state index < -0.39 is 0 Å². The molecule has 1 aliphatic carbocycles. The topological polar surface area (TPSA) is 21.3 Å². The molecule has 0 bridgehead atoms. The van der Waals surface area contributed by atoms with E-state index in [9.17, 15) is 0 Å². The molecule has 2 heteroatoms. The summed E-state index contributed by atoms with van der Waals surface area (Å²) in [6, 6.07) is 1.35. The smallest absolute Gasteiger partial charge is 0.0476 e. The van der Waals surface area contributed by atoms with Crippen LogP contribution in [0.5, 0.6) is 0 Å². The second kappa shape index (κ2) is 7.29. The van der Waals surface area contributed by atoms with Crippen LogP contribution in [0.25, 0.3) is 0 Å². The molecule has 0 saturated heterocycles. The van der Waals surface area contributed by atoms with Crippen LogP contribution in [0.4, 0.5) is 0 Å². The molecule has 0 aliphatic heterocycles. The Balaban J connectivity index is 2.16. The molecular weight excluding hydrogens is 198 g/mol. The fourth-order valence-electron chi connectivity index (χ4n) is 2.73. The Morgan fingerprint density at radius 3 is 2.25 bits per heavy atom. The summed E-state index contributed by atoms with van der Waals surface area (Å²) in [6.45, 7) is 7.86. The SMILES string of the molecule is COCCC(C)NC1CCC(C(C)C)CC1. The Morgan fingerprint density at radius 1 is 1.12 bits per heavy atom. The predicted octanol–water partition coefficient (Wildman–Crippen LogP) is 3.22. The lowest BCUT2D eigenvalue weighted by Gasteiger charge is -2.33. The molecule has 0 aromatic carbocycles. The van der Waals surface area contributed by atoms with E-state index in [1.54, 1.807) is 7.11 Å². The van der Waals surface area contributed by atoms with Crippen molar-refractivity contribution in [3.05, 3.63) is 0 Å². The van der Waals surface area contributed by atoms with Crippen LogP contribution in [0, 0.1) is 11.8 Å². The quantitative estimate of drug-likeness (QED) is 0.752. The molecule has 2 nitrogen and oxygen atoms in total. The lowest BCUT2D eigenvalue weighted by Crippen LogP contribution is -2.40. The summed E-state index contributed by atoms with van der Waals surface area (Å²) >= 11 is 0. The molecule has 1 N–H and O–H groups in total. The van der Waals surface area contributed by atoms with Crippen LogP contribution >= 0.6 is 0 Å². The van der Waals surface area contributed by atoms with Crippen molar-refractivity contribution >= 4 is 0 Å². The van der Waals surface area contributed by atoms with Gasteiger partial charge in [-0.1, -0.05) is 13.8 Å². The summed E-state index contributed by atoms with van der Waals surface area (Å²) in [5.74, 6) is 1.83. The zero-order valence-corrected chi connectivity index (χ0v) is 11.5. The second-order valence-electron chi connectivity index (χ2n) is 5.70. The van der Waals surface area contributed by atoms with Gasteiger partial charge in [0.1, 0.15) is 0 Å². The highest BCUT2D eigenvalue weighted by Gasteiger charge is 2.23. The van der Waals surface area contributed by atoms with E-state index in [4.69, 9.17) is 4.74 Å². The van der Waals surface area contributed by atoms with Crippen molar-refractivity contribution in [3.63, 3.8) is 0 Å². The molecule has 0 heterocycles. The molecule has 96 valence electrons. The van der Waals surface area contributed by atoms with Gasteiger partial charge in [0, 0.05) is 25.8 Å². The van der Waals surface area contributed by atoms with Crippen molar-refractivity contribution in [2.45, 2.75) is 65.0 Å². The van der Waals surface area contributed by atoms with Crippen molar-refractivity contribution in [1.29, 1.82) is 0 Å². The summed E-state index contributed by atoms with van der Waals surface area (Å²) < 4.78 is 5.11. The Bertz CT molecular complexity index is 174. The van der Waals surface area contributed by atoms with Gasteiger partial charge in [0.2, 0.25) is 0 Å². The Kier molecular flexibility index (Phi) is 6.37. The van der Waals surface area contributed by atoms with Gasteiger partial charge < -0.3 is 10.1 Å². The standard InChI is InChI=1S/C14H29NO/c1-11(2)13-5-7-14(8-6-13)15-12(3)9-10-16-4/h11-15H,5-10H2,1-4H3. The lowest BCUT2D eigenvalue weighted by molar-refractivity contribution is 0.175. The van der Waals surface area contributed by atoms with Gasteiger partial charge in [0.25, 0.3) is 0 Å². The van der Waals surface area contributed by atoms with Gasteiger partial charge in [0.15, 0.2) is 0 Å². The zero-order chi connectivity index (χ0) is 12.0. The first-order chi connectivity index (χ1) is 7.63. The third-order valence-electron chi connectivity index (χ3n) is 3.99. The highest BCUT2D eigenvalue weighted by atomic mass is 16.5. The van der Waals surface area contributed by atoms with Crippen LogP contribution in [0.1, 0.15) is 52.9 Å². The first-order valence-electron chi connectivity index (χ1n) is 6.88. The first kappa shape index (κ1) is 14.0. The molecule has 1 rings (SSSR count). The van der Waals surface area contributed by atoms with Crippen molar-refractivity contribution in [3.8, 4) is 0 Å². The minimum atomic E-state index is 0.598. The summed E-state index contributed by atoms with van der Waals surface area (Å²) in [5.41, 5.74) is 0. The van der Waals surface area contributed by atoms with E-state index >= 15 is 0 Å². The van der Waals surface area contributed by atoms with Gasteiger partial charge >= 0.3 is 0 Å². The maximum absolute atomic E-state index is 5.11. The van der Waals surface area contributed by atoms with Crippen molar-refractivity contribution in [2.75, 3.05) is 13.7 Å².